The largest absolute Gasteiger partial charge is 0.624 e. The van der Waals surface area contributed by atoms with E-state index in [1.807, 2.05) is 54.6 Å². The highest BCUT2D eigenvalue weighted by Crippen LogP contribution is 2.14. The van der Waals surface area contributed by atoms with Crippen molar-refractivity contribution in [3.63, 3.8) is 0 Å². The fraction of sp³-hybridized carbons (Fsp3) is 0.188. The summed E-state index contributed by atoms with van der Waals surface area (Å²) in [6.45, 7) is 0.433. The molecule has 0 bridgehead atoms. The van der Waals surface area contributed by atoms with Crippen LogP contribution in [0.3, 0.4) is 0 Å². The molecule has 0 heterocycles. The first-order valence-electron chi connectivity index (χ1n) is 6.25. The van der Waals surface area contributed by atoms with Gasteiger partial charge in [-0.1, -0.05) is 42.5 Å². The molecule has 2 aromatic rings. The Morgan fingerprint density at radius 2 is 1.74 bits per heavy atom. The van der Waals surface area contributed by atoms with Gasteiger partial charge < -0.3 is 9.94 Å². The minimum Gasteiger partial charge on any atom is -0.624 e. The van der Waals surface area contributed by atoms with E-state index in [-0.39, 0.29) is 0 Å². The second-order valence-corrected chi connectivity index (χ2v) is 4.25. The van der Waals surface area contributed by atoms with Gasteiger partial charge in [-0.25, -0.2) is 4.74 Å². The Kier molecular flexibility index (Phi) is 4.56. The first-order chi connectivity index (χ1) is 9.29. The Labute approximate surface area is 113 Å². The van der Waals surface area contributed by atoms with Crippen LogP contribution in [0.5, 0.6) is 5.75 Å². The summed E-state index contributed by atoms with van der Waals surface area (Å²) < 4.78 is 6.16. The second kappa shape index (κ2) is 6.59. The number of para-hydroxylation sites is 1. The molecule has 0 unspecified atom stereocenters. The van der Waals surface area contributed by atoms with E-state index in [4.69, 9.17) is 4.74 Å². The Morgan fingerprint density at radius 1 is 1.05 bits per heavy atom. The van der Waals surface area contributed by atoms with Crippen LogP contribution in [-0.4, -0.2) is 24.6 Å². The molecule has 0 aliphatic carbocycles. The maximum Gasteiger partial charge on any atom is 0.185 e. The zero-order valence-electron chi connectivity index (χ0n) is 11.0. The standard InChI is InChI=1S/C16H17NO2/c1-19-16-10-6-5-9-15(16)13-17(18)12-11-14-7-3-2-4-8-14/h2-10,13H,11-12H2,1H3/b17-13-. The predicted octanol–water partition coefficient (Wildman–Crippen LogP) is 2.87. The van der Waals surface area contributed by atoms with Gasteiger partial charge in [0.2, 0.25) is 0 Å². The average molecular weight is 255 g/mol. The molecule has 0 amide bonds. The number of benzene rings is 2. The molecule has 0 fully saturated rings. The van der Waals surface area contributed by atoms with Gasteiger partial charge in [-0.3, -0.25) is 0 Å². The highest BCUT2D eigenvalue weighted by atomic mass is 16.5. The van der Waals surface area contributed by atoms with Crippen molar-refractivity contribution in [3.05, 3.63) is 70.9 Å². The van der Waals surface area contributed by atoms with Crippen molar-refractivity contribution in [2.75, 3.05) is 13.7 Å². The number of ether oxygens (including phenoxy) is 1. The van der Waals surface area contributed by atoms with Crippen LogP contribution in [0.25, 0.3) is 0 Å². The predicted molar refractivity (Wildman–Crippen MR) is 76.8 cm³/mol. The topological polar surface area (TPSA) is 35.3 Å². The molecule has 3 nitrogen and oxygen atoms in total. The quantitative estimate of drug-likeness (QED) is 0.356. The van der Waals surface area contributed by atoms with Gasteiger partial charge in [0.25, 0.3) is 0 Å². The van der Waals surface area contributed by atoms with Crippen LogP contribution in [-0.2, 0) is 6.42 Å². The zero-order chi connectivity index (χ0) is 13.5. The maximum absolute atomic E-state index is 11.9. The number of hydrogen-bond acceptors (Lipinski definition) is 2. The fourth-order valence-electron chi connectivity index (χ4n) is 1.88. The van der Waals surface area contributed by atoms with Gasteiger partial charge in [0.05, 0.1) is 12.7 Å². The molecule has 19 heavy (non-hydrogen) atoms. The minimum absolute atomic E-state index is 0.433. The molecule has 0 atom stereocenters. The first-order valence-corrected chi connectivity index (χ1v) is 6.25. The van der Waals surface area contributed by atoms with E-state index in [0.717, 1.165) is 22.3 Å². The molecule has 0 saturated carbocycles. The molecule has 2 rings (SSSR count). The van der Waals surface area contributed by atoms with E-state index in [9.17, 15) is 5.21 Å². The Morgan fingerprint density at radius 3 is 2.47 bits per heavy atom. The highest BCUT2D eigenvalue weighted by molar-refractivity contribution is 5.79. The number of nitrogens with zero attached hydrogens (tertiary/aromatic N) is 1. The smallest absolute Gasteiger partial charge is 0.185 e. The summed E-state index contributed by atoms with van der Waals surface area (Å²) >= 11 is 0. The Bertz CT molecular complexity index is 550. The molecular weight excluding hydrogens is 238 g/mol. The van der Waals surface area contributed by atoms with Crippen LogP contribution in [0, 0.1) is 5.21 Å². The van der Waals surface area contributed by atoms with Crippen molar-refractivity contribution in [1.29, 1.82) is 0 Å². The zero-order valence-corrected chi connectivity index (χ0v) is 11.0. The summed E-state index contributed by atoms with van der Waals surface area (Å²) in [5.74, 6) is 0.711. The van der Waals surface area contributed by atoms with Gasteiger partial charge in [-0.15, -0.1) is 0 Å². The Hall–Kier alpha value is -2.29. The third-order valence-corrected chi connectivity index (χ3v) is 2.89. The van der Waals surface area contributed by atoms with Gasteiger partial charge in [-0.2, -0.15) is 0 Å². The number of rotatable bonds is 5. The van der Waals surface area contributed by atoms with Gasteiger partial charge in [0, 0.05) is 6.42 Å². The normalized spacial score (nSPS) is 11.3. The SMILES string of the molecule is COc1ccccc1/C=[N+](\[O-])CCc1ccccc1. The summed E-state index contributed by atoms with van der Waals surface area (Å²) in [5.41, 5.74) is 1.96. The van der Waals surface area contributed by atoms with Crippen LogP contribution in [0.2, 0.25) is 0 Å². The van der Waals surface area contributed by atoms with Crippen LogP contribution in [0.15, 0.2) is 54.6 Å². The molecular formula is C16H17NO2. The number of methoxy groups -OCH3 is 1. The Balaban J connectivity index is 2.03. The van der Waals surface area contributed by atoms with Crippen molar-refractivity contribution >= 4 is 6.21 Å². The van der Waals surface area contributed by atoms with E-state index < -0.39 is 0 Å². The molecule has 0 spiro atoms. The van der Waals surface area contributed by atoms with E-state index in [2.05, 4.69) is 0 Å². The lowest BCUT2D eigenvalue weighted by molar-refractivity contribution is -0.451. The van der Waals surface area contributed by atoms with Crippen molar-refractivity contribution in [2.45, 2.75) is 6.42 Å². The van der Waals surface area contributed by atoms with Gasteiger partial charge in [0.15, 0.2) is 12.8 Å². The van der Waals surface area contributed by atoms with E-state index in [1.165, 1.54) is 0 Å². The molecule has 0 aliphatic rings. The summed E-state index contributed by atoms with van der Waals surface area (Å²) in [6.07, 6.45) is 2.30. The van der Waals surface area contributed by atoms with Gasteiger partial charge >= 0.3 is 0 Å². The molecule has 0 N–H and O–H groups in total. The maximum atomic E-state index is 11.9. The lowest BCUT2D eigenvalue weighted by Crippen LogP contribution is -2.10. The number of hydrogen-bond donors (Lipinski definition) is 0. The third kappa shape index (κ3) is 3.85. The third-order valence-electron chi connectivity index (χ3n) is 2.89. The molecule has 3 heteroatoms. The second-order valence-electron chi connectivity index (χ2n) is 4.25. The summed E-state index contributed by atoms with van der Waals surface area (Å²) in [7, 11) is 1.60. The van der Waals surface area contributed by atoms with Gasteiger partial charge in [-0.05, 0) is 17.7 Å². The average Bonchev–Trinajstić information content (AvgIpc) is 2.47. The summed E-state index contributed by atoms with van der Waals surface area (Å²) in [4.78, 5) is 0. The molecule has 2 aromatic carbocycles. The lowest BCUT2D eigenvalue weighted by Gasteiger charge is -2.06. The minimum atomic E-state index is 0.433. The van der Waals surface area contributed by atoms with E-state index in [1.54, 1.807) is 13.3 Å². The van der Waals surface area contributed by atoms with Crippen molar-refractivity contribution < 1.29 is 9.48 Å². The van der Waals surface area contributed by atoms with Crippen LogP contribution < -0.4 is 4.74 Å². The van der Waals surface area contributed by atoms with Crippen molar-refractivity contribution in [2.24, 2.45) is 0 Å². The van der Waals surface area contributed by atoms with Crippen molar-refractivity contribution in [1.82, 2.24) is 0 Å². The summed E-state index contributed by atoms with van der Waals surface area (Å²) in [5, 5.41) is 11.9. The monoisotopic (exact) mass is 255 g/mol. The van der Waals surface area contributed by atoms with Crippen LogP contribution in [0.1, 0.15) is 11.1 Å². The number of hydroxylamine groups is 1. The first kappa shape index (κ1) is 13.1. The summed E-state index contributed by atoms with van der Waals surface area (Å²) in [6, 6.07) is 17.5. The molecule has 0 aromatic heterocycles. The van der Waals surface area contributed by atoms with Crippen molar-refractivity contribution in [3.8, 4) is 5.75 Å². The fourth-order valence-corrected chi connectivity index (χ4v) is 1.88. The van der Waals surface area contributed by atoms with E-state index in [0.29, 0.717) is 12.3 Å². The van der Waals surface area contributed by atoms with Crippen LogP contribution in [0.4, 0.5) is 0 Å². The van der Waals surface area contributed by atoms with E-state index >= 15 is 0 Å². The van der Waals surface area contributed by atoms with Gasteiger partial charge in [0.1, 0.15) is 5.75 Å². The molecule has 0 aliphatic heterocycles. The van der Waals surface area contributed by atoms with Crippen LogP contribution >= 0.6 is 0 Å². The molecule has 0 saturated heterocycles. The lowest BCUT2D eigenvalue weighted by atomic mass is 10.1. The molecule has 0 radical (unpaired) electrons. The highest BCUT2D eigenvalue weighted by Gasteiger charge is 2.03. The molecule has 98 valence electrons.